The van der Waals surface area contributed by atoms with Crippen LogP contribution in [0.3, 0.4) is 0 Å². The molecular formula is C14H12ClF3N2. The fourth-order valence-electron chi connectivity index (χ4n) is 1.96. The van der Waals surface area contributed by atoms with Crippen LogP contribution in [0.25, 0.3) is 0 Å². The number of halogens is 4. The number of hydrogen-bond donors (Lipinski definition) is 2. The van der Waals surface area contributed by atoms with Crippen molar-refractivity contribution in [3.63, 3.8) is 0 Å². The zero-order valence-corrected chi connectivity index (χ0v) is 11.1. The molecule has 20 heavy (non-hydrogen) atoms. The molecule has 0 heterocycles. The number of hydrogen-bond acceptors (Lipinski definition) is 2. The first-order valence-electron chi connectivity index (χ1n) is 5.86. The van der Waals surface area contributed by atoms with Crippen LogP contribution in [0.1, 0.15) is 17.2 Å². The number of benzene rings is 2. The van der Waals surface area contributed by atoms with Gasteiger partial charge in [0.1, 0.15) is 17.5 Å². The first-order chi connectivity index (χ1) is 9.51. The summed E-state index contributed by atoms with van der Waals surface area (Å²) in [4.78, 5) is 0. The summed E-state index contributed by atoms with van der Waals surface area (Å²) in [5.74, 6) is 3.58. The van der Waals surface area contributed by atoms with Gasteiger partial charge in [0.15, 0.2) is 0 Å². The minimum Gasteiger partial charge on any atom is -0.271 e. The molecule has 2 nitrogen and oxygen atoms in total. The Labute approximate surface area is 119 Å². The van der Waals surface area contributed by atoms with Crippen LogP contribution in [0.15, 0.2) is 36.4 Å². The number of hydrazine groups is 1. The van der Waals surface area contributed by atoms with E-state index in [0.29, 0.717) is 5.56 Å². The molecule has 0 saturated carbocycles. The van der Waals surface area contributed by atoms with E-state index >= 15 is 0 Å². The van der Waals surface area contributed by atoms with Gasteiger partial charge in [-0.3, -0.25) is 11.3 Å². The van der Waals surface area contributed by atoms with E-state index in [0.717, 1.165) is 12.1 Å². The molecule has 2 rings (SSSR count). The summed E-state index contributed by atoms with van der Waals surface area (Å²) in [5, 5.41) is -0.298. The second-order valence-corrected chi connectivity index (χ2v) is 4.75. The molecule has 0 aliphatic carbocycles. The smallest absolute Gasteiger partial charge is 0.142 e. The number of rotatable bonds is 4. The summed E-state index contributed by atoms with van der Waals surface area (Å²) in [7, 11) is 0. The molecule has 0 amide bonds. The Kier molecular flexibility index (Phi) is 4.65. The second-order valence-electron chi connectivity index (χ2n) is 4.34. The molecule has 1 atom stereocenters. The zero-order valence-electron chi connectivity index (χ0n) is 10.3. The highest BCUT2D eigenvalue weighted by atomic mass is 35.5. The van der Waals surface area contributed by atoms with Crippen molar-refractivity contribution in [3.05, 3.63) is 70.0 Å². The van der Waals surface area contributed by atoms with E-state index in [1.165, 1.54) is 18.2 Å². The van der Waals surface area contributed by atoms with Crippen LogP contribution in [0.2, 0.25) is 5.02 Å². The van der Waals surface area contributed by atoms with Gasteiger partial charge < -0.3 is 0 Å². The van der Waals surface area contributed by atoms with Gasteiger partial charge in [0.05, 0.1) is 11.1 Å². The van der Waals surface area contributed by atoms with Crippen molar-refractivity contribution < 1.29 is 13.2 Å². The largest absolute Gasteiger partial charge is 0.271 e. The maximum atomic E-state index is 13.8. The molecule has 0 spiro atoms. The standard InChI is InChI=1S/C14H12ClF3N2/c15-11-7-12(17)10(6-13(11)18)14(20-19)5-8-2-1-3-9(16)4-8/h1-4,6-7,14,20H,5,19H2. The molecule has 0 bridgehead atoms. The van der Waals surface area contributed by atoms with Gasteiger partial charge in [-0.25, -0.2) is 13.2 Å². The maximum absolute atomic E-state index is 13.8. The lowest BCUT2D eigenvalue weighted by Gasteiger charge is -2.17. The monoisotopic (exact) mass is 300 g/mol. The molecule has 0 aromatic heterocycles. The van der Waals surface area contributed by atoms with E-state index in [1.807, 2.05) is 0 Å². The highest BCUT2D eigenvalue weighted by Gasteiger charge is 2.18. The average Bonchev–Trinajstić information content (AvgIpc) is 2.40. The fourth-order valence-corrected chi connectivity index (χ4v) is 2.11. The van der Waals surface area contributed by atoms with Crippen molar-refractivity contribution in [2.45, 2.75) is 12.5 Å². The lowest BCUT2D eigenvalue weighted by molar-refractivity contribution is 0.501. The lowest BCUT2D eigenvalue weighted by Crippen LogP contribution is -2.30. The van der Waals surface area contributed by atoms with Crippen LogP contribution in [-0.2, 0) is 6.42 Å². The Morgan fingerprint density at radius 1 is 1.10 bits per heavy atom. The third-order valence-corrected chi connectivity index (χ3v) is 3.23. The fraction of sp³-hybridized carbons (Fsp3) is 0.143. The maximum Gasteiger partial charge on any atom is 0.142 e. The Bertz CT molecular complexity index is 619. The van der Waals surface area contributed by atoms with Crippen LogP contribution in [0.4, 0.5) is 13.2 Å². The normalized spacial score (nSPS) is 12.4. The molecule has 2 aromatic carbocycles. The summed E-state index contributed by atoms with van der Waals surface area (Å²) in [6, 6.07) is 7.02. The Balaban J connectivity index is 2.31. The average molecular weight is 301 g/mol. The molecular weight excluding hydrogens is 289 g/mol. The predicted octanol–water partition coefficient (Wildman–Crippen LogP) is 3.50. The van der Waals surface area contributed by atoms with E-state index in [4.69, 9.17) is 17.4 Å². The molecule has 1 unspecified atom stereocenters. The highest BCUT2D eigenvalue weighted by Crippen LogP contribution is 2.26. The SMILES string of the molecule is NNC(Cc1cccc(F)c1)c1cc(F)c(Cl)cc1F. The number of nitrogens with two attached hydrogens (primary N) is 1. The van der Waals surface area contributed by atoms with Crippen LogP contribution >= 0.6 is 11.6 Å². The van der Waals surface area contributed by atoms with E-state index < -0.39 is 23.5 Å². The molecule has 3 N–H and O–H groups in total. The molecule has 6 heteroatoms. The van der Waals surface area contributed by atoms with Gasteiger partial charge in [0.25, 0.3) is 0 Å². The summed E-state index contributed by atoms with van der Waals surface area (Å²) >= 11 is 5.50. The first kappa shape index (κ1) is 14.8. The van der Waals surface area contributed by atoms with Gasteiger partial charge in [-0.1, -0.05) is 23.7 Å². The molecule has 106 valence electrons. The molecule has 0 aliphatic heterocycles. The van der Waals surface area contributed by atoms with E-state index in [-0.39, 0.29) is 17.0 Å². The van der Waals surface area contributed by atoms with Crippen molar-refractivity contribution >= 4 is 11.6 Å². The van der Waals surface area contributed by atoms with Gasteiger partial charge in [0, 0.05) is 5.56 Å². The van der Waals surface area contributed by atoms with Gasteiger partial charge >= 0.3 is 0 Å². The quantitative estimate of drug-likeness (QED) is 0.515. The summed E-state index contributed by atoms with van der Waals surface area (Å²) in [6.45, 7) is 0. The number of nitrogens with one attached hydrogen (secondary N) is 1. The minimum absolute atomic E-state index is 0.0404. The van der Waals surface area contributed by atoms with E-state index in [9.17, 15) is 13.2 Å². The Morgan fingerprint density at radius 3 is 2.50 bits per heavy atom. The van der Waals surface area contributed by atoms with Gasteiger partial charge in [-0.2, -0.15) is 0 Å². The van der Waals surface area contributed by atoms with Crippen molar-refractivity contribution in [1.82, 2.24) is 5.43 Å². The zero-order chi connectivity index (χ0) is 14.7. The van der Waals surface area contributed by atoms with Crippen LogP contribution in [0.5, 0.6) is 0 Å². The predicted molar refractivity (Wildman–Crippen MR) is 71.5 cm³/mol. The molecule has 0 radical (unpaired) electrons. The Morgan fingerprint density at radius 2 is 1.85 bits per heavy atom. The molecule has 2 aromatic rings. The van der Waals surface area contributed by atoms with Gasteiger partial charge in [-0.15, -0.1) is 0 Å². The van der Waals surface area contributed by atoms with E-state index in [1.54, 1.807) is 6.07 Å². The minimum atomic E-state index is -0.734. The van der Waals surface area contributed by atoms with Crippen LogP contribution in [-0.4, -0.2) is 0 Å². The van der Waals surface area contributed by atoms with Crippen LogP contribution in [0, 0.1) is 17.5 Å². The highest BCUT2D eigenvalue weighted by molar-refractivity contribution is 6.30. The first-order valence-corrected chi connectivity index (χ1v) is 6.24. The molecule has 0 saturated heterocycles. The third-order valence-electron chi connectivity index (χ3n) is 2.95. The summed E-state index contributed by atoms with van der Waals surface area (Å²) < 4.78 is 40.4. The van der Waals surface area contributed by atoms with Crippen molar-refractivity contribution in [2.24, 2.45) is 5.84 Å². The third kappa shape index (κ3) is 3.30. The Hall–Kier alpha value is -1.56. The van der Waals surface area contributed by atoms with Crippen molar-refractivity contribution in [3.8, 4) is 0 Å². The second kappa shape index (κ2) is 6.26. The lowest BCUT2D eigenvalue weighted by atomic mass is 9.98. The van der Waals surface area contributed by atoms with E-state index in [2.05, 4.69) is 5.43 Å². The van der Waals surface area contributed by atoms with Crippen LogP contribution < -0.4 is 11.3 Å². The van der Waals surface area contributed by atoms with Gasteiger partial charge in [0.2, 0.25) is 0 Å². The molecule has 0 aliphatic rings. The van der Waals surface area contributed by atoms with Crippen molar-refractivity contribution in [2.75, 3.05) is 0 Å². The topological polar surface area (TPSA) is 38.0 Å². The van der Waals surface area contributed by atoms with Crippen molar-refractivity contribution in [1.29, 1.82) is 0 Å². The summed E-state index contributed by atoms with van der Waals surface area (Å²) in [5.41, 5.74) is 3.06. The molecule has 0 fully saturated rings. The van der Waals surface area contributed by atoms with Gasteiger partial charge in [-0.05, 0) is 36.2 Å². The summed E-state index contributed by atoms with van der Waals surface area (Å²) in [6.07, 6.45) is 0.215.